The quantitative estimate of drug-likeness (QED) is 0.703. The maximum Gasteiger partial charge on any atom is 0.213 e. The number of alkyl halides is 1. The first kappa shape index (κ1) is 13.2. The molecule has 0 aromatic rings. The van der Waals surface area contributed by atoms with E-state index in [4.69, 9.17) is 11.6 Å². The topological polar surface area (TPSA) is 46.2 Å². The summed E-state index contributed by atoms with van der Waals surface area (Å²) in [7, 11) is -3.20. The molecule has 80 valence electrons. The second-order valence-corrected chi connectivity index (χ2v) is 5.60. The predicted octanol–water partition coefficient (Wildman–Crippen LogP) is 1.72. The van der Waals surface area contributed by atoms with Gasteiger partial charge in [-0.15, -0.1) is 11.6 Å². The Morgan fingerprint density at radius 3 is 2.08 bits per heavy atom. The van der Waals surface area contributed by atoms with Crippen LogP contribution in [0, 0.1) is 0 Å². The van der Waals surface area contributed by atoms with Crippen molar-refractivity contribution in [1.29, 1.82) is 0 Å². The molecule has 0 aliphatic heterocycles. The molecule has 13 heavy (non-hydrogen) atoms. The lowest BCUT2D eigenvalue weighted by atomic mass is 9.98. The monoisotopic (exact) mass is 227 g/mol. The summed E-state index contributed by atoms with van der Waals surface area (Å²) in [5.74, 6) is 0.128. The van der Waals surface area contributed by atoms with Crippen LogP contribution >= 0.6 is 11.6 Å². The highest BCUT2D eigenvalue weighted by Gasteiger charge is 2.25. The standard InChI is InChI=1S/C8H18ClNO2S/c1-4-8(3,5-2)10-13(11,12)7-6-9/h10H,4-7H2,1-3H3. The van der Waals surface area contributed by atoms with Gasteiger partial charge in [-0.05, 0) is 19.8 Å². The second-order valence-electron chi connectivity index (χ2n) is 3.38. The summed E-state index contributed by atoms with van der Waals surface area (Å²) < 4.78 is 25.4. The highest BCUT2D eigenvalue weighted by molar-refractivity contribution is 7.89. The van der Waals surface area contributed by atoms with Crippen molar-refractivity contribution in [2.75, 3.05) is 11.6 Å². The molecule has 0 heterocycles. The second kappa shape index (κ2) is 5.17. The third-order valence-corrected chi connectivity index (χ3v) is 4.27. The lowest BCUT2D eigenvalue weighted by Crippen LogP contribution is -2.46. The minimum atomic E-state index is -3.20. The molecule has 5 heteroatoms. The van der Waals surface area contributed by atoms with E-state index in [-0.39, 0.29) is 17.2 Å². The lowest BCUT2D eigenvalue weighted by Gasteiger charge is -2.27. The zero-order chi connectivity index (χ0) is 10.5. The van der Waals surface area contributed by atoms with Gasteiger partial charge in [0.15, 0.2) is 0 Å². The van der Waals surface area contributed by atoms with E-state index < -0.39 is 10.0 Å². The van der Waals surface area contributed by atoms with Crippen LogP contribution < -0.4 is 4.72 Å². The highest BCUT2D eigenvalue weighted by Crippen LogP contribution is 2.14. The first-order valence-corrected chi connectivity index (χ1v) is 6.65. The Labute approximate surface area is 85.9 Å². The van der Waals surface area contributed by atoms with Gasteiger partial charge in [-0.3, -0.25) is 0 Å². The summed E-state index contributed by atoms with van der Waals surface area (Å²) in [5, 5.41) is 0. The van der Waals surface area contributed by atoms with Crippen LogP contribution in [-0.2, 0) is 10.0 Å². The fourth-order valence-electron chi connectivity index (χ4n) is 0.922. The molecule has 0 spiro atoms. The molecule has 0 bridgehead atoms. The lowest BCUT2D eigenvalue weighted by molar-refractivity contribution is 0.389. The van der Waals surface area contributed by atoms with Crippen molar-refractivity contribution in [1.82, 2.24) is 4.72 Å². The number of rotatable bonds is 6. The van der Waals surface area contributed by atoms with Crippen molar-refractivity contribution < 1.29 is 8.42 Å². The molecule has 0 saturated carbocycles. The van der Waals surface area contributed by atoms with Crippen LogP contribution in [0.1, 0.15) is 33.6 Å². The molecular weight excluding hydrogens is 210 g/mol. The SMILES string of the molecule is CCC(C)(CC)NS(=O)(=O)CCCl. The van der Waals surface area contributed by atoms with Crippen molar-refractivity contribution in [3.8, 4) is 0 Å². The largest absolute Gasteiger partial charge is 0.213 e. The van der Waals surface area contributed by atoms with Crippen LogP contribution in [0.4, 0.5) is 0 Å². The van der Waals surface area contributed by atoms with Crippen molar-refractivity contribution in [2.24, 2.45) is 0 Å². The van der Waals surface area contributed by atoms with E-state index in [9.17, 15) is 8.42 Å². The molecule has 0 atom stereocenters. The molecule has 3 nitrogen and oxygen atoms in total. The molecular formula is C8H18ClNO2S. The summed E-state index contributed by atoms with van der Waals surface area (Å²) >= 11 is 5.38. The molecule has 0 rings (SSSR count). The maximum atomic E-state index is 11.4. The predicted molar refractivity (Wildman–Crippen MR) is 56.6 cm³/mol. The average Bonchev–Trinajstić information content (AvgIpc) is 2.03. The van der Waals surface area contributed by atoms with Gasteiger partial charge >= 0.3 is 0 Å². The number of hydrogen-bond acceptors (Lipinski definition) is 2. The van der Waals surface area contributed by atoms with Crippen LogP contribution in [0.5, 0.6) is 0 Å². The molecule has 0 aliphatic carbocycles. The van der Waals surface area contributed by atoms with E-state index in [1.807, 2.05) is 20.8 Å². The Hall–Kier alpha value is 0.200. The van der Waals surface area contributed by atoms with Crippen LogP contribution in [0.3, 0.4) is 0 Å². The molecule has 0 unspecified atom stereocenters. The summed E-state index contributed by atoms with van der Waals surface area (Å²) in [4.78, 5) is 0. The third-order valence-electron chi connectivity index (χ3n) is 2.31. The Balaban J connectivity index is 4.40. The van der Waals surface area contributed by atoms with Crippen molar-refractivity contribution in [3.63, 3.8) is 0 Å². The molecule has 0 fully saturated rings. The van der Waals surface area contributed by atoms with Gasteiger partial charge in [0.25, 0.3) is 0 Å². The smallest absolute Gasteiger partial charge is 0.212 e. The van der Waals surface area contributed by atoms with Crippen molar-refractivity contribution in [3.05, 3.63) is 0 Å². The molecule has 0 radical (unpaired) electrons. The Kier molecular flexibility index (Phi) is 5.25. The zero-order valence-electron chi connectivity index (χ0n) is 8.43. The van der Waals surface area contributed by atoms with Gasteiger partial charge in [0.05, 0.1) is 5.75 Å². The van der Waals surface area contributed by atoms with E-state index in [2.05, 4.69) is 4.72 Å². The van der Waals surface area contributed by atoms with Gasteiger partial charge in [-0.1, -0.05) is 13.8 Å². The first-order chi connectivity index (χ1) is 5.89. The van der Waals surface area contributed by atoms with Crippen LogP contribution in [0.15, 0.2) is 0 Å². The normalized spacial score (nSPS) is 13.2. The van der Waals surface area contributed by atoms with E-state index in [0.29, 0.717) is 0 Å². The molecule has 0 aliphatic rings. The Morgan fingerprint density at radius 2 is 1.77 bits per heavy atom. The van der Waals surface area contributed by atoms with Gasteiger partial charge in [0, 0.05) is 11.4 Å². The van der Waals surface area contributed by atoms with E-state index in [1.165, 1.54) is 0 Å². The highest BCUT2D eigenvalue weighted by atomic mass is 35.5. The molecule has 0 aromatic heterocycles. The average molecular weight is 228 g/mol. The number of hydrogen-bond donors (Lipinski definition) is 1. The molecule has 0 aromatic carbocycles. The van der Waals surface area contributed by atoms with Crippen LogP contribution in [0.2, 0.25) is 0 Å². The van der Waals surface area contributed by atoms with Crippen molar-refractivity contribution in [2.45, 2.75) is 39.2 Å². The van der Waals surface area contributed by atoms with Gasteiger partial charge < -0.3 is 0 Å². The number of halogens is 1. The minimum Gasteiger partial charge on any atom is -0.212 e. The summed E-state index contributed by atoms with van der Waals surface area (Å²) in [6.45, 7) is 5.83. The number of sulfonamides is 1. The van der Waals surface area contributed by atoms with Crippen LogP contribution in [0.25, 0.3) is 0 Å². The van der Waals surface area contributed by atoms with Gasteiger partial charge in [0.2, 0.25) is 10.0 Å². The third kappa shape index (κ3) is 4.84. The summed E-state index contributed by atoms with van der Waals surface area (Å²) in [6.07, 6.45) is 1.57. The summed E-state index contributed by atoms with van der Waals surface area (Å²) in [5.41, 5.74) is -0.328. The van der Waals surface area contributed by atoms with Gasteiger partial charge in [0.1, 0.15) is 0 Å². The fourth-order valence-corrected chi connectivity index (χ4v) is 2.88. The van der Waals surface area contributed by atoms with E-state index >= 15 is 0 Å². The van der Waals surface area contributed by atoms with Crippen molar-refractivity contribution >= 4 is 21.6 Å². The maximum absolute atomic E-state index is 11.4. The molecule has 0 saturated heterocycles. The van der Waals surface area contributed by atoms with E-state index in [0.717, 1.165) is 12.8 Å². The molecule has 1 N–H and O–H groups in total. The first-order valence-electron chi connectivity index (χ1n) is 4.46. The van der Waals surface area contributed by atoms with Gasteiger partial charge in [-0.2, -0.15) is 0 Å². The van der Waals surface area contributed by atoms with E-state index in [1.54, 1.807) is 0 Å². The zero-order valence-corrected chi connectivity index (χ0v) is 10.0. The molecule has 0 amide bonds. The number of nitrogens with one attached hydrogen (secondary N) is 1. The van der Waals surface area contributed by atoms with Crippen LogP contribution in [-0.4, -0.2) is 25.6 Å². The Bertz CT molecular complexity index is 235. The van der Waals surface area contributed by atoms with Gasteiger partial charge in [-0.25, -0.2) is 13.1 Å². The summed E-state index contributed by atoms with van der Waals surface area (Å²) in [6, 6.07) is 0. The minimum absolute atomic E-state index is 0.00978. The Morgan fingerprint density at radius 1 is 1.31 bits per heavy atom. The fraction of sp³-hybridized carbons (Fsp3) is 1.00.